The van der Waals surface area contributed by atoms with Crippen molar-refractivity contribution in [1.82, 2.24) is 5.32 Å². The van der Waals surface area contributed by atoms with Gasteiger partial charge in [0.05, 0.1) is 6.07 Å². The van der Waals surface area contributed by atoms with E-state index in [-0.39, 0.29) is 5.91 Å². The molecular formula is C12H13FN2O. The molecule has 0 radical (unpaired) electrons. The summed E-state index contributed by atoms with van der Waals surface area (Å²) in [5.74, 6) is -0.763. The third-order valence-corrected chi connectivity index (χ3v) is 2.45. The van der Waals surface area contributed by atoms with Gasteiger partial charge in [-0.1, -0.05) is 6.92 Å². The minimum atomic E-state index is -0.883. The molecule has 0 aliphatic heterocycles. The summed E-state index contributed by atoms with van der Waals surface area (Å²) in [6.45, 7) is 3.46. The number of hydrogen-bond acceptors (Lipinski definition) is 2. The van der Waals surface area contributed by atoms with E-state index in [0.29, 0.717) is 12.0 Å². The van der Waals surface area contributed by atoms with Crippen LogP contribution in [-0.4, -0.2) is 11.4 Å². The van der Waals surface area contributed by atoms with Crippen molar-refractivity contribution in [3.8, 4) is 6.07 Å². The molecule has 0 spiro atoms. The molecule has 0 aromatic heterocycles. The zero-order valence-corrected chi connectivity index (χ0v) is 9.25. The minimum Gasteiger partial charge on any atom is -0.334 e. The largest absolute Gasteiger partial charge is 0.334 e. The van der Waals surface area contributed by atoms with Gasteiger partial charge in [0.15, 0.2) is 0 Å². The smallest absolute Gasteiger partial charge is 0.252 e. The van der Waals surface area contributed by atoms with Crippen molar-refractivity contribution in [3.05, 3.63) is 35.6 Å². The zero-order valence-electron chi connectivity index (χ0n) is 9.25. The van der Waals surface area contributed by atoms with Crippen LogP contribution in [0.2, 0.25) is 0 Å². The lowest BCUT2D eigenvalue weighted by molar-refractivity contribution is 0.0923. The van der Waals surface area contributed by atoms with Crippen LogP contribution in [-0.2, 0) is 0 Å². The molecule has 0 bridgehead atoms. The zero-order chi connectivity index (χ0) is 12.2. The second-order valence-corrected chi connectivity index (χ2v) is 3.76. The van der Waals surface area contributed by atoms with E-state index in [1.54, 1.807) is 6.92 Å². The van der Waals surface area contributed by atoms with E-state index < -0.39 is 11.4 Å². The number of nitrogens with one attached hydrogen (secondary N) is 1. The highest BCUT2D eigenvalue weighted by atomic mass is 19.1. The third kappa shape index (κ3) is 2.80. The van der Waals surface area contributed by atoms with Gasteiger partial charge in [-0.2, -0.15) is 5.26 Å². The quantitative estimate of drug-likeness (QED) is 0.849. The molecule has 1 N–H and O–H groups in total. The molecular weight excluding hydrogens is 207 g/mol. The summed E-state index contributed by atoms with van der Waals surface area (Å²) < 4.78 is 12.6. The predicted molar refractivity (Wildman–Crippen MR) is 58.2 cm³/mol. The Morgan fingerprint density at radius 1 is 1.50 bits per heavy atom. The summed E-state index contributed by atoms with van der Waals surface area (Å²) in [5.41, 5.74) is -0.540. The normalized spacial score (nSPS) is 13.6. The Kier molecular flexibility index (Phi) is 3.62. The molecule has 0 fully saturated rings. The molecule has 84 valence electrons. The average molecular weight is 220 g/mol. The van der Waals surface area contributed by atoms with Crippen molar-refractivity contribution in [2.45, 2.75) is 25.8 Å². The maximum Gasteiger partial charge on any atom is 0.252 e. The Morgan fingerprint density at radius 2 is 2.06 bits per heavy atom. The first kappa shape index (κ1) is 12.2. The second kappa shape index (κ2) is 4.75. The Labute approximate surface area is 93.9 Å². The van der Waals surface area contributed by atoms with Gasteiger partial charge in [0.25, 0.3) is 5.91 Å². The number of carbonyl (C=O) groups excluding carboxylic acids is 1. The van der Waals surface area contributed by atoms with Crippen LogP contribution in [0.4, 0.5) is 4.39 Å². The Hall–Kier alpha value is -1.89. The molecule has 3 nitrogen and oxygen atoms in total. The van der Waals surface area contributed by atoms with Crippen LogP contribution in [0, 0.1) is 17.1 Å². The molecule has 1 atom stereocenters. The third-order valence-electron chi connectivity index (χ3n) is 2.45. The lowest BCUT2D eigenvalue weighted by Gasteiger charge is -2.21. The van der Waals surface area contributed by atoms with Crippen molar-refractivity contribution in [1.29, 1.82) is 5.26 Å². The van der Waals surface area contributed by atoms with Crippen molar-refractivity contribution in [2.24, 2.45) is 0 Å². The van der Waals surface area contributed by atoms with Gasteiger partial charge in [0.2, 0.25) is 0 Å². The van der Waals surface area contributed by atoms with Crippen molar-refractivity contribution < 1.29 is 9.18 Å². The van der Waals surface area contributed by atoms with Gasteiger partial charge in [0.1, 0.15) is 11.4 Å². The topological polar surface area (TPSA) is 52.9 Å². The molecule has 0 aliphatic carbocycles. The van der Waals surface area contributed by atoms with Crippen molar-refractivity contribution in [2.75, 3.05) is 0 Å². The lowest BCUT2D eigenvalue weighted by Crippen LogP contribution is -2.44. The molecule has 1 amide bonds. The summed E-state index contributed by atoms with van der Waals surface area (Å²) in [4.78, 5) is 11.7. The predicted octanol–water partition coefficient (Wildman–Crippen LogP) is 2.25. The highest BCUT2D eigenvalue weighted by Gasteiger charge is 2.23. The summed E-state index contributed by atoms with van der Waals surface area (Å²) >= 11 is 0. The van der Waals surface area contributed by atoms with Crippen LogP contribution in [0.1, 0.15) is 30.6 Å². The molecule has 1 rings (SSSR count). The maximum absolute atomic E-state index is 12.6. The van der Waals surface area contributed by atoms with Gasteiger partial charge in [-0.25, -0.2) is 4.39 Å². The number of carbonyl (C=O) groups is 1. The van der Waals surface area contributed by atoms with E-state index in [1.165, 1.54) is 24.3 Å². The fraction of sp³-hybridized carbons (Fsp3) is 0.333. The molecule has 1 aromatic rings. The fourth-order valence-corrected chi connectivity index (χ4v) is 1.12. The van der Waals surface area contributed by atoms with Crippen molar-refractivity contribution in [3.63, 3.8) is 0 Å². The Balaban J connectivity index is 2.81. The lowest BCUT2D eigenvalue weighted by atomic mass is 10.0. The molecule has 0 saturated carbocycles. The van der Waals surface area contributed by atoms with Crippen molar-refractivity contribution >= 4 is 5.91 Å². The van der Waals surface area contributed by atoms with Crippen LogP contribution in [0.25, 0.3) is 0 Å². The molecule has 0 heterocycles. The highest BCUT2D eigenvalue weighted by molar-refractivity contribution is 5.94. The molecule has 0 saturated heterocycles. The summed E-state index contributed by atoms with van der Waals surface area (Å²) in [5, 5.41) is 11.5. The van der Waals surface area contributed by atoms with E-state index in [0.717, 1.165) is 0 Å². The second-order valence-electron chi connectivity index (χ2n) is 3.76. The van der Waals surface area contributed by atoms with Crippen LogP contribution in [0.15, 0.2) is 24.3 Å². The van der Waals surface area contributed by atoms with Gasteiger partial charge >= 0.3 is 0 Å². The number of benzene rings is 1. The number of rotatable bonds is 3. The summed E-state index contributed by atoms with van der Waals surface area (Å²) in [6, 6.07) is 7.23. The van der Waals surface area contributed by atoms with Gasteiger partial charge in [0, 0.05) is 5.56 Å². The summed E-state index contributed by atoms with van der Waals surface area (Å²) in [7, 11) is 0. The molecule has 1 aromatic carbocycles. The highest BCUT2D eigenvalue weighted by Crippen LogP contribution is 2.10. The number of amides is 1. The van der Waals surface area contributed by atoms with Gasteiger partial charge in [-0.05, 0) is 37.6 Å². The van der Waals surface area contributed by atoms with E-state index >= 15 is 0 Å². The Bertz CT molecular complexity index is 422. The molecule has 0 aliphatic rings. The standard InChI is InChI=1S/C12H13FN2O/c1-3-12(2,8-14)15-11(16)9-4-6-10(13)7-5-9/h4-7H,3H2,1-2H3,(H,15,16)/t12-/m1/s1. The number of nitrogens with zero attached hydrogens (tertiary/aromatic N) is 1. The van der Waals surface area contributed by atoms with Gasteiger partial charge in [-0.3, -0.25) is 4.79 Å². The van der Waals surface area contributed by atoms with Crippen LogP contribution in [0.3, 0.4) is 0 Å². The first-order valence-corrected chi connectivity index (χ1v) is 5.00. The number of halogens is 1. The van der Waals surface area contributed by atoms with E-state index in [1.807, 2.05) is 13.0 Å². The summed E-state index contributed by atoms with van der Waals surface area (Å²) in [6.07, 6.45) is 0.510. The molecule has 4 heteroatoms. The van der Waals surface area contributed by atoms with E-state index in [2.05, 4.69) is 5.32 Å². The fourth-order valence-electron chi connectivity index (χ4n) is 1.12. The number of hydrogen-bond donors (Lipinski definition) is 1. The molecule has 16 heavy (non-hydrogen) atoms. The van der Waals surface area contributed by atoms with E-state index in [9.17, 15) is 9.18 Å². The van der Waals surface area contributed by atoms with Gasteiger partial charge < -0.3 is 5.32 Å². The first-order chi connectivity index (χ1) is 7.50. The Morgan fingerprint density at radius 3 is 2.50 bits per heavy atom. The van der Waals surface area contributed by atoms with Crippen LogP contribution in [0.5, 0.6) is 0 Å². The first-order valence-electron chi connectivity index (χ1n) is 5.00. The van der Waals surface area contributed by atoms with E-state index in [4.69, 9.17) is 5.26 Å². The molecule has 0 unspecified atom stereocenters. The van der Waals surface area contributed by atoms with Gasteiger partial charge in [-0.15, -0.1) is 0 Å². The number of nitriles is 1. The SMILES string of the molecule is CC[C@](C)(C#N)NC(=O)c1ccc(F)cc1. The van der Waals surface area contributed by atoms with Crippen LogP contribution >= 0.6 is 0 Å². The van der Waals surface area contributed by atoms with Crippen LogP contribution < -0.4 is 5.32 Å². The monoisotopic (exact) mass is 220 g/mol. The maximum atomic E-state index is 12.6. The average Bonchev–Trinajstić information content (AvgIpc) is 2.29. The minimum absolute atomic E-state index is 0.344.